The third-order valence-corrected chi connectivity index (χ3v) is 4.84. The number of nitrogens with one attached hydrogen (secondary N) is 2. The highest BCUT2D eigenvalue weighted by Crippen LogP contribution is 2.46. The van der Waals surface area contributed by atoms with Crippen molar-refractivity contribution in [1.82, 2.24) is 15.5 Å². The molecule has 2 N–H and O–H groups in total. The van der Waals surface area contributed by atoms with Crippen LogP contribution in [0.2, 0.25) is 0 Å². The van der Waals surface area contributed by atoms with Gasteiger partial charge in [-0.15, -0.1) is 0 Å². The number of hydrogen-bond acceptors (Lipinski definition) is 3. The van der Waals surface area contributed by atoms with Crippen molar-refractivity contribution in [2.75, 3.05) is 6.61 Å². The third-order valence-electron chi connectivity index (χ3n) is 4.84. The van der Waals surface area contributed by atoms with E-state index in [9.17, 15) is 0 Å². The van der Waals surface area contributed by atoms with Gasteiger partial charge in [0.1, 0.15) is 0 Å². The van der Waals surface area contributed by atoms with Gasteiger partial charge in [0.25, 0.3) is 0 Å². The number of fused-ring (bicyclic) bond motifs is 1. The molecule has 2 aliphatic carbocycles. The lowest BCUT2D eigenvalue weighted by molar-refractivity contribution is 0.0635. The first-order chi connectivity index (χ1) is 8.87. The molecule has 1 aromatic rings. The van der Waals surface area contributed by atoms with Crippen LogP contribution in [-0.4, -0.2) is 28.4 Å². The summed E-state index contributed by atoms with van der Waals surface area (Å²) in [5.41, 5.74) is 3.01. The van der Waals surface area contributed by atoms with Gasteiger partial charge in [-0.05, 0) is 44.9 Å². The standard InChI is InChI=1S/C14H21N3O/c1-3-11(10-9-15-17-12(10)4-1)16-14(6-7-14)13-5-2-8-18-13/h9,11,13,16H,1-8H2,(H,15,17). The van der Waals surface area contributed by atoms with Crippen LogP contribution < -0.4 is 5.32 Å². The van der Waals surface area contributed by atoms with Crippen LogP contribution in [0.4, 0.5) is 0 Å². The van der Waals surface area contributed by atoms with E-state index >= 15 is 0 Å². The number of H-pyrrole nitrogens is 1. The second-order valence-corrected chi connectivity index (χ2v) is 6.05. The Labute approximate surface area is 107 Å². The second-order valence-electron chi connectivity index (χ2n) is 6.05. The predicted molar refractivity (Wildman–Crippen MR) is 68.3 cm³/mol. The summed E-state index contributed by atoms with van der Waals surface area (Å²) >= 11 is 0. The number of aryl methyl sites for hydroxylation is 1. The number of nitrogens with zero attached hydrogens (tertiary/aromatic N) is 1. The van der Waals surface area contributed by atoms with E-state index in [2.05, 4.69) is 15.5 Å². The van der Waals surface area contributed by atoms with E-state index in [1.54, 1.807) is 0 Å². The predicted octanol–water partition coefficient (Wildman–Crippen LogP) is 2.09. The van der Waals surface area contributed by atoms with Gasteiger partial charge in [-0.1, -0.05) is 0 Å². The molecule has 0 amide bonds. The highest BCUT2D eigenvalue weighted by molar-refractivity contribution is 5.25. The van der Waals surface area contributed by atoms with Crippen molar-refractivity contribution in [2.24, 2.45) is 0 Å². The molecule has 3 aliphatic rings. The molecule has 4 heteroatoms. The largest absolute Gasteiger partial charge is 0.376 e. The van der Waals surface area contributed by atoms with E-state index in [4.69, 9.17) is 4.74 Å². The lowest BCUT2D eigenvalue weighted by Gasteiger charge is -2.31. The maximum atomic E-state index is 5.91. The van der Waals surface area contributed by atoms with E-state index < -0.39 is 0 Å². The first-order valence-electron chi connectivity index (χ1n) is 7.29. The van der Waals surface area contributed by atoms with Gasteiger partial charge in [-0.3, -0.25) is 5.10 Å². The Morgan fingerprint density at radius 3 is 3.06 bits per heavy atom. The highest BCUT2D eigenvalue weighted by atomic mass is 16.5. The molecule has 2 fully saturated rings. The van der Waals surface area contributed by atoms with Crippen LogP contribution in [0.3, 0.4) is 0 Å². The van der Waals surface area contributed by atoms with Gasteiger partial charge in [-0.2, -0.15) is 5.10 Å². The average molecular weight is 247 g/mol. The zero-order valence-electron chi connectivity index (χ0n) is 10.7. The van der Waals surface area contributed by atoms with Gasteiger partial charge in [0.05, 0.1) is 12.3 Å². The molecule has 0 bridgehead atoms. The number of hydrogen-bond donors (Lipinski definition) is 2. The summed E-state index contributed by atoms with van der Waals surface area (Å²) in [5.74, 6) is 0. The molecule has 1 saturated carbocycles. The van der Waals surface area contributed by atoms with Crippen molar-refractivity contribution in [3.63, 3.8) is 0 Å². The fourth-order valence-electron chi connectivity index (χ4n) is 3.67. The van der Waals surface area contributed by atoms with Crippen LogP contribution in [0, 0.1) is 0 Å². The minimum absolute atomic E-state index is 0.285. The number of ether oxygens (including phenoxy) is 1. The van der Waals surface area contributed by atoms with Crippen molar-refractivity contribution in [2.45, 2.75) is 62.6 Å². The summed E-state index contributed by atoms with van der Waals surface area (Å²) in [6, 6.07) is 0.485. The maximum Gasteiger partial charge on any atom is 0.0757 e. The normalized spacial score (nSPS) is 33.3. The summed E-state index contributed by atoms with van der Waals surface area (Å²) in [7, 11) is 0. The van der Waals surface area contributed by atoms with Crippen molar-refractivity contribution in [1.29, 1.82) is 0 Å². The molecule has 1 aromatic heterocycles. The quantitative estimate of drug-likeness (QED) is 0.860. The molecule has 0 spiro atoms. The van der Waals surface area contributed by atoms with Crippen LogP contribution in [-0.2, 0) is 11.2 Å². The molecule has 2 unspecified atom stereocenters. The molecule has 1 aliphatic heterocycles. The van der Waals surface area contributed by atoms with Crippen LogP contribution in [0.1, 0.15) is 55.8 Å². The van der Waals surface area contributed by atoms with Crippen LogP contribution in [0.5, 0.6) is 0 Å². The molecule has 18 heavy (non-hydrogen) atoms. The molecule has 4 rings (SSSR count). The minimum Gasteiger partial charge on any atom is -0.376 e. The van der Waals surface area contributed by atoms with Gasteiger partial charge in [0.15, 0.2) is 0 Å². The molecule has 0 aromatic carbocycles. The summed E-state index contributed by atoms with van der Waals surface area (Å²) in [6.07, 6.45) is 11.1. The molecule has 1 saturated heterocycles. The molecule has 2 atom stereocenters. The maximum absolute atomic E-state index is 5.91. The van der Waals surface area contributed by atoms with E-state index in [-0.39, 0.29) is 5.54 Å². The topological polar surface area (TPSA) is 49.9 Å². The van der Waals surface area contributed by atoms with E-state index in [1.807, 2.05) is 6.20 Å². The second kappa shape index (κ2) is 4.07. The molecule has 2 heterocycles. The first-order valence-corrected chi connectivity index (χ1v) is 7.29. The lowest BCUT2D eigenvalue weighted by Crippen LogP contribution is -2.44. The first kappa shape index (κ1) is 11.0. The van der Waals surface area contributed by atoms with Crippen LogP contribution in [0.25, 0.3) is 0 Å². The van der Waals surface area contributed by atoms with Crippen LogP contribution in [0.15, 0.2) is 6.20 Å². The Hall–Kier alpha value is -0.870. The Morgan fingerprint density at radius 1 is 1.33 bits per heavy atom. The fourth-order valence-corrected chi connectivity index (χ4v) is 3.67. The summed E-state index contributed by atoms with van der Waals surface area (Å²) in [4.78, 5) is 0. The van der Waals surface area contributed by atoms with E-state index in [0.29, 0.717) is 12.1 Å². The van der Waals surface area contributed by atoms with E-state index in [0.717, 1.165) is 13.0 Å². The molecule has 0 radical (unpaired) electrons. The Kier molecular flexibility index (Phi) is 2.49. The van der Waals surface area contributed by atoms with Gasteiger partial charge < -0.3 is 10.1 Å². The van der Waals surface area contributed by atoms with Gasteiger partial charge in [-0.25, -0.2) is 0 Å². The number of aromatic nitrogens is 2. The Balaban J connectivity index is 1.52. The lowest BCUT2D eigenvalue weighted by atomic mass is 9.91. The smallest absolute Gasteiger partial charge is 0.0757 e. The van der Waals surface area contributed by atoms with Crippen molar-refractivity contribution >= 4 is 0 Å². The average Bonchev–Trinajstić information content (AvgIpc) is 2.89. The molecule has 4 nitrogen and oxygen atoms in total. The molecular formula is C14H21N3O. The van der Waals surface area contributed by atoms with Gasteiger partial charge >= 0.3 is 0 Å². The third kappa shape index (κ3) is 1.70. The molecule has 98 valence electrons. The molecular weight excluding hydrogens is 226 g/mol. The van der Waals surface area contributed by atoms with Crippen molar-refractivity contribution in [3.05, 3.63) is 17.5 Å². The SMILES string of the molecule is c1n[nH]c2c1C(NC1(C3CCCO3)CC1)CCC2. The summed E-state index contributed by atoms with van der Waals surface area (Å²) in [6.45, 7) is 0.954. The van der Waals surface area contributed by atoms with E-state index in [1.165, 1.54) is 49.8 Å². The fraction of sp³-hybridized carbons (Fsp3) is 0.786. The highest BCUT2D eigenvalue weighted by Gasteiger charge is 2.52. The van der Waals surface area contributed by atoms with Gasteiger partial charge in [0.2, 0.25) is 0 Å². The minimum atomic E-state index is 0.285. The van der Waals surface area contributed by atoms with Crippen LogP contribution >= 0.6 is 0 Å². The summed E-state index contributed by atoms with van der Waals surface area (Å²) in [5, 5.41) is 11.3. The number of rotatable bonds is 3. The zero-order valence-corrected chi connectivity index (χ0v) is 10.7. The van der Waals surface area contributed by atoms with Crippen molar-refractivity contribution in [3.8, 4) is 0 Å². The summed E-state index contributed by atoms with van der Waals surface area (Å²) < 4.78 is 5.91. The number of aromatic amines is 1. The Morgan fingerprint density at radius 2 is 2.28 bits per heavy atom. The monoisotopic (exact) mass is 247 g/mol. The zero-order chi connectivity index (χ0) is 12.0. The van der Waals surface area contributed by atoms with Crippen molar-refractivity contribution < 1.29 is 4.74 Å². The van der Waals surface area contributed by atoms with Gasteiger partial charge in [0, 0.05) is 29.4 Å². The Bertz CT molecular complexity index is 432.